The Morgan fingerprint density at radius 3 is 2.38 bits per heavy atom. The largest absolute Gasteiger partial charge is 0.465 e. The maximum atomic E-state index is 11.7. The van der Waals surface area contributed by atoms with Crippen LogP contribution in [0.3, 0.4) is 0 Å². The minimum Gasteiger partial charge on any atom is -0.465 e. The Hall–Kier alpha value is -2.61. The lowest BCUT2D eigenvalue weighted by Gasteiger charge is -2.08. The number of carbonyl (C=O) groups excluding carboxylic acids is 1. The standard InChI is InChI=1S/C19H16O2/c1-13-9-17(12-18(10-13)19(20)21-2)16-8-7-14-5-3-4-6-15(14)11-16/h3-12H,1-2H3. The molecule has 3 aromatic rings. The molecule has 2 nitrogen and oxygen atoms in total. The Labute approximate surface area is 124 Å². The quantitative estimate of drug-likeness (QED) is 0.639. The van der Waals surface area contributed by atoms with E-state index in [1.165, 1.54) is 17.9 Å². The number of fused-ring (bicyclic) bond motifs is 1. The van der Waals surface area contributed by atoms with Gasteiger partial charge < -0.3 is 4.74 Å². The average molecular weight is 276 g/mol. The van der Waals surface area contributed by atoms with Gasteiger partial charge >= 0.3 is 5.97 Å². The zero-order valence-electron chi connectivity index (χ0n) is 12.1. The lowest BCUT2D eigenvalue weighted by atomic mass is 9.98. The summed E-state index contributed by atoms with van der Waals surface area (Å²) in [7, 11) is 1.40. The number of hydrogen-bond donors (Lipinski definition) is 0. The van der Waals surface area contributed by atoms with Gasteiger partial charge in [-0.05, 0) is 52.6 Å². The van der Waals surface area contributed by atoms with Gasteiger partial charge in [0.25, 0.3) is 0 Å². The smallest absolute Gasteiger partial charge is 0.337 e. The minimum atomic E-state index is -0.305. The van der Waals surface area contributed by atoms with Crippen LogP contribution in [-0.4, -0.2) is 13.1 Å². The average Bonchev–Trinajstić information content (AvgIpc) is 2.53. The maximum Gasteiger partial charge on any atom is 0.337 e. The van der Waals surface area contributed by atoms with Crippen LogP contribution in [0.5, 0.6) is 0 Å². The van der Waals surface area contributed by atoms with Crippen molar-refractivity contribution in [1.82, 2.24) is 0 Å². The molecule has 0 N–H and O–H groups in total. The second-order valence-corrected chi connectivity index (χ2v) is 5.14. The molecule has 2 heteroatoms. The Kier molecular flexibility index (Phi) is 3.44. The van der Waals surface area contributed by atoms with Crippen LogP contribution < -0.4 is 0 Å². The first-order valence-corrected chi connectivity index (χ1v) is 6.86. The highest BCUT2D eigenvalue weighted by Crippen LogP contribution is 2.26. The molecular weight excluding hydrogens is 260 g/mol. The number of aryl methyl sites for hydroxylation is 1. The molecule has 0 unspecified atom stereocenters. The van der Waals surface area contributed by atoms with Crippen molar-refractivity contribution in [3.05, 3.63) is 71.8 Å². The number of ether oxygens (including phenoxy) is 1. The fourth-order valence-electron chi connectivity index (χ4n) is 2.55. The summed E-state index contributed by atoms with van der Waals surface area (Å²) < 4.78 is 4.81. The van der Waals surface area contributed by atoms with Crippen molar-refractivity contribution in [2.75, 3.05) is 7.11 Å². The Morgan fingerprint density at radius 2 is 1.62 bits per heavy atom. The summed E-state index contributed by atoms with van der Waals surface area (Å²) in [5.41, 5.74) is 3.76. The van der Waals surface area contributed by atoms with Crippen molar-refractivity contribution in [2.24, 2.45) is 0 Å². The molecule has 0 saturated carbocycles. The normalized spacial score (nSPS) is 10.6. The van der Waals surface area contributed by atoms with Crippen LogP contribution in [0.1, 0.15) is 15.9 Å². The molecule has 21 heavy (non-hydrogen) atoms. The van der Waals surface area contributed by atoms with E-state index in [1.54, 1.807) is 0 Å². The van der Waals surface area contributed by atoms with Gasteiger partial charge in [-0.15, -0.1) is 0 Å². The van der Waals surface area contributed by atoms with Gasteiger partial charge in [-0.3, -0.25) is 0 Å². The van der Waals surface area contributed by atoms with E-state index in [0.717, 1.165) is 16.7 Å². The zero-order chi connectivity index (χ0) is 14.8. The SMILES string of the molecule is COC(=O)c1cc(C)cc(-c2ccc3ccccc3c2)c1. The summed E-state index contributed by atoms with van der Waals surface area (Å²) in [6.45, 7) is 1.98. The molecule has 3 rings (SSSR count). The molecule has 0 heterocycles. The van der Waals surface area contributed by atoms with E-state index in [1.807, 2.05) is 31.2 Å². The van der Waals surface area contributed by atoms with E-state index in [2.05, 4.69) is 36.4 Å². The van der Waals surface area contributed by atoms with Crippen LogP contribution in [0.4, 0.5) is 0 Å². The van der Waals surface area contributed by atoms with Gasteiger partial charge in [0.1, 0.15) is 0 Å². The topological polar surface area (TPSA) is 26.3 Å². The summed E-state index contributed by atoms with van der Waals surface area (Å²) in [6, 6.07) is 20.4. The van der Waals surface area contributed by atoms with Crippen LogP contribution in [0.25, 0.3) is 21.9 Å². The lowest BCUT2D eigenvalue weighted by Crippen LogP contribution is -2.01. The summed E-state index contributed by atoms with van der Waals surface area (Å²) in [5, 5.41) is 2.40. The molecule has 0 atom stereocenters. The van der Waals surface area contributed by atoms with E-state index < -0.39 is 0 Å². The van der Waals surface area contributed by atoms with E-state index in [9.17, 15) is 4.79 Å². The van der Waals surface area contributed by atoms with Gasteiger partial charge in [0.2, 0.25) is 0 Å². The third-order valence-electron chi connectivity index (χ3n) is 3.58. The van der Waals surface area contributed by atoms with Gasteiger partial charge in [-0.1, -0.05) is 42.5 Å². The van der Waals surface area contributed by atoms with Crippen molar-refractivity contribution in [1.29, 1.82) is 0 Å². The van der Waals surface area contributed by atoms with Crippen LogP contribution in [-0.2, 0) is 4.74 Å². The molecule has 0 amide bonds. The first-order valence-electron chi connectivity index (χ1n) is 6.86. The van der Waals surface area contributed by atoms with Crippen LogP contribution in [0.15, 0.2) is 60.7 Å². The number of rotatable bonds is 2. The van der Waals surface area contributed by atoms with E-state index >= 15 is 0 Å². The van der Waals surface area contributed by atoms with E-state index in [-0.39, 0.29) is 5.97 Å². The highest BCUT2D eigenvalue weighted by molar-refractivity contribution is 5.92. The third-order valence-corrected chi connectivity index (χ3v) is 3.58. The monoisotopic (exact) mass is 276 g/mol. The molecule has 0 aromatic heterocycles. The van der Waals surface area contributed by atoms with E-state index in [4.69, 9.17) is 4.74 Å². The first kappa shape index (κ1) is 13.4. The number of methoxy groups -OCH3 is 1. The predicted octanol–water partition coefficient (Wildman–Crippen LogP) is 4.60. The Morgan fingerprint density at radius 1 is 0.857 bits per heavy atom. The molecule has 0 bridgehead atoms. The Bertz CT molecular complexity index is 819. The molecule has 0 aliphatic carbocycles. The molecule has 0 fully saturated rings. The molecule has 3 aromatic carbocycles. The van der Waals surface area contributed by atoms with Gasteiger partial charge in [-0.2, -0.15) is 0 Å². The summed E-state index contributed by atoms with van der Waals surface area (Å²) >= 11 is 0. The van der Waals surface area contributed by atoms with Gasteiger partial charge in [0.15, 0.2) is 0 Å². The Balaban J connectivity index is 2.13. The fraction of sp³-hybridized carbons (Fsp3) is 0.105. The predicted molar refractivity (Wildman–Crippen MR) is 85.5 cm³/mol. The zero-order valence-corrected chi connectivity index (χ0v) is 12.1. The number of hydrogen-bond acceptors (Lipinski definition) is 2. The second-order valence-electron chi connectivity index (χ2n) is 5.14. The molecule has 0 spiro atoms. The first-order chi connectivity index (χ1) is 10.2. The highest BCUT2D eigenvalue weighted by Gasteiger charge is 2.09. The summed E-state index contributed by atoms with van der Waals surface area (Å²) in [6.07, 6.45) is 0. The van der Waals surface area contributed by atoms with Crippen LogP contribution in [0.2, 0.25) is 0 Å². The van der Waals surface area contributed by atoms with E-state index in [0.29, 0.717) is 5.56 Å². The molecule has 0 aliphatic heterocycles. The van der Waals surface area contributed by atoms with Gasteiger partial charge in [0, 0.05) is 0 Å². The maximum absolute atomic E-state index is 11.7. The molecule has 104 valence electrons. The molecule has 0 radical (unpaired) electrons. The highest BCUT2D eigenvalue weighted by atomic mass is 16.5. The van der Waals surface area contributed by atoms with Gasteiger partial charge in [0.05, 0.1) is 12.7 Å². The second kappa shape index (κ2) is 5.41. The van der Waals surface area contributed by atoms with Crippen molar-refractivity contribution < 1.29 is 9.53 Å². The van der Waals surface area contributed by atoms with Crippen molar-refractivity contribution in [3.8, 4) is 11.1 Å². The van der Waals surface area contributed by atoms with Crippen LogP contribution >= 0.6 is 0 Å². The molecule has 0 aliphatic rings. The van der Waals surface area contributed by atoms with Crippen molar-refractivity contribution in [2.45, 2.75) is 6.92 Å². The third kappa shape index (κ3) is 2.65. The van der Waals surface area contributed by atoms with Crippen LogP contribution in [0, 0.1) is 6.92 Å². The molecular formula is C19H16O2. The fourth-order valence-corrected chi connectivity index (χ4v) is 2.55. The van der Waals surface area contributed by atoms with Crippen molar-refractivity contribution >= 4 is 16.7 Å². The number of esters is 1. The van der Waals surface area contributed by atoms with Gasteiger partial charge in [-0.25, -0.2) is 4.79 Å². The summed E-state index contributed by atoms with van der Waals surface area (Å²) in [4.78, 5) is 11.7. The number of benzene rings is 3. The summed E-state index contributed by atoms with van der Waals surface area (Å²) in [5.74, 6) is -0.305. The molecule has 0 saturated heterocycles. The van der Waals surface area contributed by atoms with Crippen molar-refractivity contribution in [3.63, 3.8) is 0 Å². The minimum absolute atomic E-state index is 0.305. The lowest BCUT2D eigenvalue weighted by molar-refractivity contribution is 0.0600. The number of carbonyl (C=O) groups is 1.